The summed E-state index contributed by atoms with van der Waals surface area (Å²) in [5, 5.41) is 0. The highest BCUT2D eigenvalue weighted by Crippen LogP contribution is 2.23. The zero-order valence-electron chi connectivity index (χ0n) is 19.9. The van der Waals surface area contributed by atoms with Crippen molar-refractivity contribution in [3.8, 4) is 16.9 Å². The van der Waals surface area contributed by atoms with Crippen LogP contribution in [-0.4, -0.2) is 5.97 Å². The lowest BCUT2D eigenvalue weighted by molar-refractivity contribution is 0.0734. The number of hydrogen-bond donors (Lipinski definition) is 0. The van der Waals surface area contributed by atoms with Gasteiger partial charge in [0.25, 0.3) is 0 Å². The lowest BCUT2D eigenvalue weighted by Gasteiger charge is -2.08. The molecule has 0 fully saturated rings. The van der Waals surface area contributed by atoms with Crippen molar-refractivity contribution in [2.24, 2.45) is 0 Å². The van der Waals surface area contributed by atoms with Crippen LogP contribution in [0.15, 0.2) is 66.7 Å². The fraction of sp³-hybridized carbons (Fsp3) is 0.367. The molecule has 3 aromatic carbocycles. The molecule has 0 aliphatic rings. The lowest BCUT2D eigenvalue weighted by atomic mass is 10.00. The van der Waals surface area contributed by atoms with Crippen molar-refractivity contribution < 1.29 is 13.9 Å². The molecule has 0 spiro atoms. The van der Waals surface area contributed by atoms with Crippen LogP contribution in [0.3, 0.4) is 0 Å². The number of hydrogen-bond acceptors (Lipinski definition) is 2. The van der Waals surface area contributed by atoms with Crippen LogP contribution in [0.25, 0.3) is 11.1 Å². The second-order valence-electron chi connectivity index (χ2n) is 8.68. The van der Waals surface area contributed by atoms with Crippen LogP contribution in [0, 0.1) is 5.82 Å². The Bertz CT molecular complexity index is 1010. The Morgan fingerprint density at radius 2 is 1.36 bits per heavy atom. The zero-order chi connectivity index (χ0) is 23.5. The van der Waals surface area contributed by atoms with Gasteiger partial charge in [0.2, 0.25) is 0 Å². The summed E-state index contributed by atoms with van der Waals surface area (Å²) in [5.41, 5.74) is 4.62. The van der Waals surface area contributed by atoms with E-state index in [4.69, 9.17) is 4.74 Å². The Morgan fingerprint density at radius 1 is 0.727 bits per heavy atom. The molecule has 0 N–H and O–H groups in total. The Balaban J connectivity index is 1.54. The Morgan fingerprint density at radius 3 is 2.00 bits per heavy atom. The molecule has 33 heavy (non-hydrogen) atoms. The quantitative estimate of drug-likeness (QED) is 0.158. The molecule has 174 valence electrons. The molecule has 3 rings (SSSR count). The molecule has 2 nitrogen and oxygen atoms in total. The van der Waals surface area contributed by atoms with Crippen LogP contribution in [0.4, 0.5) is 4.39 Å². The number of benzene rings is 3. The minimum atomic E-state index is -0.488. The first-order chi connectivity index (χ1) is 16.1. The molecule has 0 atom stereocenters. The number of rotatable bonds is 12. The van der Waals surface area contributed by atoms with Crippen molar-refractivity contribution >= 4 is 5.97 Å². The molecular weight excluding hydrogens is 411 g/mol. The summed E-state index contributed by atoms with van der Waals surface area (Å²) in [4.78, 5) is 12.5. The van der Waals surface area contributed by atoms with E-state index in [1.807, 2.05) is 19.1 Å². The van der Waals surface area contributed by atoms with Gasteiger partial charge in [-0.1, -0.05) is 94.8 Å². The van der Waals surface area contributed by atoms with Crippen molar-refractivity contribution in [3.63, 3.8) is 0 Å². The van der Waals surface area contributed by atoms with Crippen molar-refractivity contribution in [1.29, 1.82) is 0 Å². The van der Waals surface area contributed by atoms with Gasteiger partial charge < -0.3 is 4.74 Å². The normalized spacial score (nSPS) is 10.9. The third-order valence-corrected chi connectivity index (χ3v) is 5.98. The molecule has 0 heterocycles. The fourth-order valence-electron chi connectivity index (χ4n) is 4.00. The van der Waals surface area contributed by atoms with Gasteiger partial charge in [0, 0.05) is 6.07 Å². The molecule has 0 saturated heterocycles. The molecule has 3 heteroatoms. The maximum absolute atomic E-state index is 14.1. The molecular formula is C30H35FO2. The number of carbonyl (C=O) groups is 1. The van der Waals surface area contributed by atoms with Gasteiger partial charge in [-0.15, -0.1) is 0 Å². The Hall–Kier alpha value is -2.94. The molecule has 0 radical (unpaired) electrons. The first kappa shape index (κ1) is 24.7. The maximum atomic E-state index is 14.1. The third kappa shape index (κ3) is 7.56. The number of ether oxygens (including phenoxy) is 1. The summed E-state index contributed by atoms with van der Waals surface area (Å²) in [6.07, 6.45) is 10.5. The van der Waals surface area contributed by atoms with Gasteiger partial charge >= 0.3 is 5.97 Å². The highest BCUT2D eigenvalue weighted by Gasteiger charge is 2.11. The first-order valence-electron chi connectivity index (χ1n) is 12.3. The van der Waals surface area contributed by atoms with Crippen molar-refractivity contribution in [2.45, 2.75) is 71.6 Å². The number of unbranched alkanes of at least 4 members (excludes halogenated alkanes) is 5. The first-order valence-corrected chi connectivity index (χ1v) is 12.3. The molecule has 0 saturated carbocycles. The van der Waals surface area contributed by atoms with Crippen molar-refractivity contribution in [1.82, 2.24) is 0 Å². The average Bonchev–Trinajstić information content (AvgIpc) is 2.83. The van der Waals surface area contributed by atoms with Crippen LogP contribution >= 0.6 is 0 Å². The standard InChI is InChI=1S/C30H35FO2/c1-3-5-6-7-8-9-11-23-12-14-24(15-13-23)25-16-18-27(19-17-25)30(32)33-28-21-20-26(10-4-2)29(31)22-28/h12-22H,3-11H2,1-2H3. The predicted molar refractivity (Wildman–Crippen MR) is 134 cm³/mol. The summed E-state index contributed by atoms with van der Waals surface area (Å²) < 4.78 is 19.5. The van der Waals surface area contributed by atoms with Gasteiger partial charge in [-0.2, -0.15) is 0 Å². The van der Waals surface area contributed by atoms with Crippen LogP contribution in [0.1, 0.15) is 80.3 Å². The van der Waals surface area contributed by atoms with E-state index in [1.165, 1.54) is 50.2 Å². The van der Waals surface area contributed by atoms with Crippen LogP contribution < -0.4 is 4.74 Å². The second-order valence-corrected chi connectivity index (χ2v) is 8.68. The largest absolute Gasteiger partial charge is 0.423 e. The zero-order valence-corrected chi connectivity index (χ0v) is 19.9. The molecule has 0 amide bonds. The summed E-state index contributed by atoms with van der Waals surface area (Å²) in [7, 11) is 0. The summed E-state index contributed by atoms with van der Waals surface area (Å²) in [5.74, 6) is -0.599. The fourth-order valence-corrected chi connectivity index (χ4v) is 4.00. The van der Waals surface area contributed by atoms with E-state index < -0.39 is 5.97 Å². The third-order valence-electron chi connectivity index (χ3n) is 5.98. The Kier molecular flexibility index (Phi) is 9.68. The predicted octanol–water partition coefficient (Wildman–Crippen LogP) is 8.57. The van der Waals surface area contributed by atoms with E-state index in [0.29, 0.717) is 17.5 Å². The van der Waals surface area contributed by atoms with E-state index >= 15 is 0 Å². The SMILES string of the molecule is CCCCCCCCc1ccc(-c2ccc(C(=O)Oc3ccc(CCC)c(F)c3)cc2)cc1. The lowest BCUT2D eigenvalue weighted by Crippen LogP contribution is -2.08. The van der Waals surface area contributed by atoms with Gasteiger partial charge in [0.15, 0.2) is 0 Å². The topological polar surface area (TPSA) is 26.3 Å². The average molecular weight is 447 g/mol. The van der Waals surface area contributed by atoms with Crippen LogP contribution in [0.5, 0.6) is 5.75 Å². The van der Waals surface area contributed by atoms with Gasteiger partial charge in [0.1, 0.15) is 11.6 Å². The van der Waals surface area contributed by atoms with Gasteiger partial charge in [0.05, 0.1) is 5.56 Å². The molecule has 0 aromatic heterocycles. The van der Waals surface area contributed by atoms with Crippen molar-refractivity contribution in [2.75, 3.05) is 0 Å². The summed E-state index contributed by atoms with van der Waals surface area (Å²) in [6, 6.07) is 20.6. The van der Waals surface area contributed by atoms with E-state index in [-0.39, 0.29) is 11.6 Å². The Labute approximate surface area is 197 Å². The van der Waals surface area contributed by atoms with Crippen LogP contribution in [-0.2, 0) is 12.8 Å². The van der Waals surface area contributed by atoms with Gasteiger partial charge in [-0.05, 0) is 59.7 Å². The van der Waals surface area contributed by atoms with Gasteiger partial charge in [-0.25, -0.2) is 9.18 Å². The molecule has 0 aliphatic carbocycles. The minimum absolute atomic E-state index is 0.224. The van der Waals surface area contributed by atoms with E-state index in [0.717, 1.165) is 24.0 Å². The minimum Gasteiger partial charge on any atom is -0.423 e. The number of carbonyl (C=O) groups excluding carboxylic acids is 1. The van der Waals surface area contributed by atoms with E-state index in [1.54, 1.807) is 24.3 Å². The van der Waals surface area contributed by atoms with Crippen molar-refractivity contribution in [3.05, 3.63) is 89.2 Å². The molecule has 0 aliphatic heterocycles. The monoisotopic (exact) mass is 446 g/mol. The molecule has 3 aromatic rings. The van der Waals surface area contributed by atoms with E-state index in [2.05, 4.69) is 31.2 Å². The highest BCUT2D eigenvalue weighted by atomic mass is 19.1. The second kappa shape index (κ2) is 12.9. The smallest absolute Gasteiger partial charge is 0.343 e. The molecule has 0 bridgehead atoms. The number of esters is 1. The maximum Gasteiger partial charge on any atom is 0.343 e. The highest BCUT2D eigenvalue weighted by molar-refractivity contribution is 5.91. The summed E-state index contributed by atoms with van der Waals surface area (Å²) in [6.45, 7) is 4.25. The summed E-state index contributed by atoms with van der Waals surface area (Å²) >= 11 is 0. The number of aryl methyl sites for hydroxylation is 2. The molecule has 0 unspecified atom stereocenters. The van der Waals surface area contributed by atoms with E-state index in [9.17, 15) is 9.18 Å². The van der Waals surface area contributed by atoms with Gasteiger partial charge in [-0.3, -0.25) is 0 Å². The number of halogens is 1. The van der Waals surface area contributed by atoms with Crippen LogP contribution in [0.2, 0.25) is 0 Å².